The Hall–Kier alpha value is -2.53. The van der Waals surface area contributed by atoms with Crippen LogP contribution in [0, 0.1) is 6.92 Å². The smallest absolute Gasteiger partial charge is 0.322 e. The molecule has 0 spiro atoms. The lowest BCUT2D eigenvalue weighted by molar-refractivity contribution is 0.167. The Morgan fingerprint density at radius 1 is 1.11 bits per heavy atom. The van der Waals surface area contributed by atoms with Crippen molar-refractivity contribution in [2.75, 3.05) is 11.9 Å². The maximum Gasteiger partial charge on any atom is 0.322 e. The first-order chi connectivity index (χ1) is 13.1. The molecule has 2 aromatic carbocycles. The van der Waals surface area contributed by atoms with Crippen LogP contribution < -0.4 is 5.32 Å². The summed E-state index contributed by atoms with van der Waals surface area (Å²) in [6.07, 6.45) is 2.90. The fourth-order valence-electron chi connectivity index (χ4n) is 3.68. The quantitative estimate of drug-likeness (QED) is 0.602. The van der Waals surface area contributed by atoms with Crippen LogP contribution in [0.25, 0.3) is 0 Å². The van der Waals surface area contributed by atoms with Crippen molar-refractivity contribution in [2.45, 2.75) is 25.9 Å². The van der Waals surface area contributed by atoms with Gasteiger partial charge in [-0.2, -0.15) is 0 Å². The molecule has 0 saturated heterocycles. The number of halogens is 1. The molecule has 4 nitrogen and oxygen atoms in total. The van der Waals surface area contributed by atoms with E-state index in [0.29, 0.717) is 6.54 Å². The number of carbonyl (C=O) groups excluding carboxylic acids is 1. The normalized spacial score (nSPS) is 16.1. The molecule has 1 aliphatic rings. The maximum absolute atomic E-state index is 13.1. The zero-order valence-electron chi connectivity index (χ0n) is 15.2. The van der Waals surface area contributed by atoms with Crippen LogP contribution in [0.15, 0.2) is 71.3 Å². The monoisotopic (exact) mass is 423 g/mol. The summed E-state index contributed by atoms with van der Waals surface area (Å²) < 4.78 is 3.29. The van der Waals surface area contributed by atoms with E-state index in [4.69, 9.17) is 0 Å². The molecule has 1 aliphatic heterocycles. The van der Waals surface area contributed by atoms with Gasteiger partial charge in [0, 0.05) is 35.1 Å². The third-order valence-corrected chi connectivity index (χ3v) is 6.00. The van der Waals surface area contributed by atoms with Crippen LogP contribution >= 0.6 is 15.9 Å². The van der Waals surface area contributed by atoms with Gasteiger partial charge in [0.25, 0.3) is 0 Å². The number of hydrogen-bond donors (Lipinski definition) is 1. The van der Waals surface area contributed by atoms with E-state index in [1.54, 1.807) is 0 Å². The minimum absolute atomic E-state index is 0.0210. The molecule has 2 heterocycles. The molecule has 0 fully saturated rings. The third-order valence-electron chi connectivity index (χ3n) is 5.11. The number of nitrogens with zero attached hydrogens (tertiary/aromatic N) is 2. The standard InChI is InChI=1S/C22H22BrN3O/c1-16-14-18(9-10-19(16)23)24-22(27)26-13-12-25-11-5-8-20(25)21(26)15-17-6-3-2-4-7-17/h2-11,14,21H,12-13,15H2,1H3,(H,24,27)/t21-/m1/s1. The second-order valence-electron chi connectivity index (χ2n) is 6.92. The lowest BCUT2D eigenvalue weighted by Crippen LogP contribution is -2.44. The average molecular weight is 424 g/mol. The number of fused-ring (bicyclic) bond motifs is 1. The lowest BCUT2D eigenvalue weighted by Gasteiger charge is -2.37. The molecule has 3 aromatic rings. The Labute approximate surface area is 167 Å². The van der Waals surface area contributed by atoms with Crippen molar-refractivity contribution in [1.82, 2.24) is 9.47 Å². The van der Waals surface area contributed by atoms with Crippen molar-refractivity contribution in [3.8, 4) is 0 Å². The van der Waals surface area contributed by atoms with Gasteiger partial charge in [-0.3, -0.25) is 0 Å². The van der Waals surface area contributed by atoms with Crippen LogP contribution in [0.3, 0.4) is 0 Å². The Kier molecular flexibility index (Phi) is 5.03. The number of rotatable bonds is 3. The summed E-state index contributed by atoms with van der Waals surface area (Å²) in [4.78, 5) is 15.0. The molecule has 4 rings (SSSR count). The summed E-state index contributed by atoms with van der Waals surface area (Å²) in [6.45, 7) is 3.53. The van der Waals surface area contributed by atoms with Crippen molar-refractivity contribution in [1.29, 1.82) is 0 Å². The van der Waals surface area contributed by atoms with Crippen LogP contribution in [-0.2, 0) is 13.0 Å². The molecule has 27 heavy (non-hydrogen) atoms. The van der Waals surface area contributed by atoms with Gasteiger partial charge in [0.05, 0.1) is 6.04 Å². The number of aromatic nitrogens is 1. The number of anilines is 1. The summed E-state index contributed by atoms with van der Waals surface area (Å²) in [7, 11) is 0. The van der Waals surface area contributed by atoms with Gasteiger partial charge in [-0.15, -0.1) is 0 Å². The summed E-state index contributed by atoms with van der Waals surface area (Å²) in [5, 5.41) is 3.08. The van der Waals surface area contributed by atoms with E-state index in [9.17, 15) is 4.79 Å². The third kappa shape index (κ3) is 3.78. The van der Waals surface area contributed by atoms with Crippen molar-refractivity contribution in [3.63, 3.8) is 0 Å². The molecule has 0 aliphatic carbocycles. The number of benzene rings is 2. The zero-order chi connectivity index (χ0) is 18.8. The van der Waals surface area contributed by atoms with Crippen molar-refractivity contribution in [2.24, 2.45) is 0 Å². The molecule has 0 saturated carbocycles. The van der Waals surface area contributed by atoms with Crippen LogP contribution in [0.1, 0.15) is 22.9 Å². The first kappa shape index (κ1) is 17.9. The van der Waals surface area contributed by atoms with Gasteiger partial charge in [-0.05, 0) is 54.8 Å². The molecule has 138 valence electrons. The van der Waals surface area contributed by atoms with Gasteiger partial charge in [-0.25, -0.2) is 4.79 Å². The van der Waals surface area contributed by atoms with Gasteiger partial charge >= 0.3 is 6.03 Å². The Morgan fingerprint density at radius 3 is 2.70 bits per heavy atom. The van der Waals surface area contributed by atoms with Crippen LogP contribution in [-0.4, -0.2) is 22.0 Å². The van der Waals surface area contributed by atoms with E-state index in [0.717, 1.165) is 28.7 Å². The largest absolute Gasteiger partial charge is 0.348 e. The first-order valence-corrected chi connectivity index (χ1v) is 9.94. The van der Waals surface area contributed by atoms with Gasteiger partial charge in [0.15, 0.2) is 0 Å². The number of carbonyl (C=O) groups is 1. The predicted molar refractivity (Wildman–Crippen MR) is 112 cm³/mol. The fourth-order valence-corrected chi connectivity index (χ4v) is 3.92. The van der Waals surface area contributed by atoms with E-state index in [-0.39, 0.29) is 12.1 Å². The van der Waals surface area contributed by atoms with E-state index in [2.05, 4.69) is 56.3 Å². The SMILES string of the molecule is Cc1cc(NC(=O)N2CCn3cccc3[C@H]2Cc2ccccc2)ccc1Br. The number of urea groups is 1. The molecule has 2 amide bonds. The second-order valence-corrected chi connectivity index (χ2v) is 7.77. The van der Waals surface area contributed by atoms with Gasteiger partial charge in [-0.1, -0.05) is 46.3 Å². The summed E-state index contributed by atoms with van der Waals surface area (Å²) in [5.41, 5.74) is 4.34. The fraction of sp³-hybridized carbons (Fsp3) is 0.227. The number of amides is 2. The molecular weight excluding hydrogens is 402 g/mol. The number of nitrogens with one attached hydrogen (secondary N) is 1. The molecule has 0 unspecified atom stereocenters. The number of hydrogen-bond acceptors (Lipinski definition) is 1. The highest BCUT2D eigenvalue weighted by atomic mass is 79.9. The average Bonchev–Trinajstić information content (AvgIpc) is 3.15. The van der Waals surface area contributed by atoms with Crippen molar-refractivity contribution in [3.05, 3.63) is 88.2 Å². The predicted octanol–water partition coefficient (Wildman–Crippen LogP) is 5.39. The summed E-state index contributed by atoms with van der Waals surface area (Å²) >= 11 is 3.51. The zero-order valence-corrected chi connectivity index (χ0v) is 16.8. The maximum atomic E-state index is 13.1. The van der Waals surface area contributed by atoms with E-state index in [1.807, 2.05) is 48.2 Å². The highest BCUT2D eigenvalue weighted by Gasteiger charge is 2.31. The van der Waals surface area contributed by atoms with Crippen molar-refractivity contribution >= 4 is 27.6 Å². The highest BCUT2D eigenvalue weighted by Crippen LogP contribution is 2.30. The molecule has 0 bridgehead atoms. The molecular formula is C22H22BrN3O. The topological polar surface area (TPSA) is 37.3 Å². The summed E-state index contributed by atoms with van der Waals surface area (Å²) in [5.74, 6) is 0. The Balaban J connectivity index is 1.59. The summed E-state index contributed by atoms with van der Waals surface area (Å²) in [6, 6.07) is 20.4. The highest BCUT2D eigenvalue weighted by molar-refractivity contribution is 9.10. The van der Waals surface area contributed by atoms with E-state index < -0.39 is 0 Å². The molecule has 5 heteroatoms. The lowest BCUT2D eigenvalue weighted by atomic mass is 10.0. The number of aryl methyl sites for hydroxylation is 1. The first-order valence-electron chi connectivity index (χ1n) is 9.14. The van der Waals surface area contributed by atoms with Crippen LogP contribution in [0.2, 0.25) is 0 Å². The molecule has 1 N–H and O–H groups in total. The Morgan fingerprint density at radius 2 is 1.93 bits per heavy atom. The minimum atomic E-state index is -0.0508. The molecule has 1 aromatic heterocycles. The Bertz CT molecular complexity index is 951. The minimum Gasteiger partial charge on any atom is -0.348 e. The van der Waals surface area contributed by atoms with Gasteiger partial charge in [0.1, 0.15) is 0 Å². The van der Waals surface area contributed by atoms with Gasteiger partial charge < -0.3 is 14.8 Å². The van der Waals surface area contributed by atoms with E-state index in [1.165, 1.54) is 11.3 Å². The van der Waals surface area contributed by atoms with Gasteiger partial charge in [0.2, 0.25) is 0 Å². The second kappa shape index (κ2) is 7.61. The van der Waals surface area contributed by atoms with Crippen LogP contribution in [0.5, 0.6) is 0 Å². The molecule has 1 atom stereocenters. The molecule has 0 radical (unpaired) electrons. The van der Waals surface area contributed by atoms with E-state index >= 15 is 0 Å². The van der Waals surface area contributed by atoms with Crippen LogP contribution in [0.4, 0.5) is 10.5 Å². The van der Waals surface area contributed by atoms with Crippen molar-refractivity contribution < 1.29 is 4.79 Å².